The molecule has 1 aromatic carbocycles. The number of hydrogen-bond donors (Lipinski definition) is 1. The van der Waals surface area contributed by atoms with Crippen molar-refractivity contribution in [2.24, 2.45) is 0 Å². The normalized spacial score (nSPS) is 22.4. The number of morpholine rings is 1. The average molecular weight is 342 g/mol. The van der Waals surface area contributed by atoms with E-state index in [4.69, 9.17) is 4.74 Å². The van der Waals surface area contributed by atoms with Gasteiger partial charge < -0.3 is 10.1 Å². The Morgan fingerprint density at radius 1 is 1.33 bits per heavy atom. The summed E-state index contributed by atoms with van der Waals surface area (Å²) in [5, 5.41) is 2.79. The van der Waals surface area contributed by atoms with Gasteiger partial charge in [0.2, 0.25) is 5.91 Å². The van der Waals surface area contributed by atoms with Crippen molar-refractivity contribution in [2.75, 3.05) is 26.3 Å². The van der Waals surface area contributed by atoms with E-state index in [1.54, 1.807) is 17.0 Å². The molecule has 1 heterocycles. The predicted molar refractivity (Wildman–Crippen MR) is 82.4 cm³/mol. The topological polar surface area (TPSA) is 41.6 Å². The summed E-state index contributed by atoms with van der Waals surface area (Å²) >= 11 is 0. The van der Waals surface area contributed by atoms with Gasteiger partial charge >= 0.3 is 0 Å². The molecule has 2 atom stereocenters. The zero-order valence-corrected chi connectivity index (χ0v) is 13.3. The molecule has 1 amide bonds. The molecule has 2 aliphatic rings. The fraction of sp³-hybridized carbons (Fsp3) is 0.588. The first kappa shape index (κ1) is 17.2. The molecule has 1 aliphatic carbocycles. The van der Waals surface area contributed by atoms with Crippen molar-refractivity contribution in [3.8, 4) is 0 Å². The first-order valence-corrected chi connectivity index (χ1v) is 8.23. The van der Waals surface area contributed by atoms with Crippen LogP contribution in [0.25, 0.3) is 0 Å². The summed E-state index contributed by atoms with van der Waals surface area (Å²) in [5.74, 6) is -0.697. The molecule has 1 aliphatic heterocycles. The number of nitrogens with zero attached hydrogens (tertiary/aromatic N) is 1. The molecule has 1 N–H and O–H groups in total. The largest absolute Gasteiger partial charge is 0.379 e. The number of benzene rings is 1. The summed E-state index contributed by atoms with van der Waals surface area (Å²) < 4.78 is 45.6. The van der Waals surface area contributed by atoms with Crippen LogP contribution in [-0.2, 0) is 16.0 Å². The molecule has 0 saturated carbocycles. The molecule has 0 radical (unpaired) electrons. The van der Waals surface area contributed by atoms with Gasteiger partial charge in [0.1, 0.15) is 5.82 Å². The van der Waals surface area contributed by atoms with E-state index in [0.29, 0.717) is 44.7 Å². The van der Waals surface area contributed by atoms with Gasteiger partial charge in [-0.2, -0.15) is 0 Å². The number of halogens is 3. The highest BCUT2D eigenvalue weighted by Gasteiger charge is 2.32. The number of rotatable bonds is 5. The minimum absolute atomic E-state index is 0.265. The van der Waals surface area contributed by atoms with Gasteiger partial charge in [0, 0.05) is 19.5 Å². The minimum atomic E-state index is -2.60. The van der Waals surface area contributed by atoms with Crippen LogP contribution in [0.5, 0.6) is 0 Å². The number of ether oxygens (including phenoxy) is 1. The quantitative estimate of drug-likeness (QED) is 0.893. The van der Waals surface area contributed by atoms with Gasteiger partial charge in [0.05, 0.1) is 25.3 Å². The average Bonchev–Trinajstić information content (AvgIpc) is 2.97. The van der Waals surface area contributed by atoms with Crippen LogP contribution in [0.2, 0.25) is 0 Å². The monoisotopic (exact) mass is 342 g/mol. The van der Waals surface area contributed by atoms with Gasteiger partial charge in [-0.05, 0) is 30.0 Å². The van der Waals surface area contributed by atoms with Crippen LogP contribution in [0.15, 0.2) is 18.2 Å². The highest BCUT2D eigenvalue weighted by atomic mass is 19.3. The van der Waals surface area contributed by atoms with E-state index < -0.39 is 18.4 Å². The summed E-state index contributed by atoms with van der Waals surface area (Å²) in [5.41, 5.74) is 1.37. The molecule has 2 unspecified atom stereocenters. The Balaban J connectivity index is 1.62. The van der Waals surface area contributed by atoms with Crippen molar-refractivity contribution in [2.45, 2.75) is 37.8 Å². The summed E-state index contributed by atoms with van der Waals surface area (Å²) in [7, 11) is 0. The Hall–Kier alpha value is -1.60. The van der Waals surface area contributed by atoms with Gasteiger partial charge in [0.15, 0.2) is 0 Å². The van der Waals surface area contributed by atoms with E-state index in [2.05, 4.69) is 5.32 Å². The maximum absolute atomic E-state index is 13.7. The lowest BCUT2D eigenvalue weighted by Crippen LogP contribution is -2.49. The lowest BCUT2D eigenvalue weighted by Gasteiger charge is -2.33. The Bertz CT molecular complexity index is 591. The van der Waals surface area contributed by atoms with E-state index in [9.17, 15) is 18.0 Å². The smallest absolute Gasteiger partial charge is 0.254 e. The van der Waals surface area contributed by atoms with Crippen molar-refractivity contribution in [1.82, 2.24) is 10.2 Å². The minimum Gasteiger partial charge on any atom is -0.379 e. The third-order valence-electron chi connectivity index (χ3n) is 4.75. The molecule has 1 saturated heterocycles. The molecule has 1 fully saturated rings. The lowest BCUT2D eigenvalue weighted by atomic mass is 10.1. The Kier molecular flexibility index (Phi) is 5.40. The van der Waals surface area contributed by atoms with E-state index in [1.165, 1.54) is 6.07 Å². The fourth-order valence-corrected chi connectivity index (χ4v) is 3.49. The molecule has 7 heteroatoms. The number of amides is 1. The summed E-state index contributed by atoms with van der Waals surface area (Å²) in [6.07, 6.45) is -1.71. The van der Waals surface area contributed by atoms with Crippen LogP contribution < -0.4 is 5.32 Å². The van der Waals surface area contributed by atoms with Crippen LogP contribution in [0, 0.1) is 5.82 Å². The van der Waals surface area contributed by atoms with Crippen LogP contribution in [-0.4, -0.2) is 49.6 Å². The number of fused-ring (bicyclic) bond motifs is 1. The van der Waals surface area contributed by atoms with Gasteiger partial charge in [-0.1, -0.05) is 12.1 Å². The van der Waals surface area contributed by atoms with Gasteiger partial charge in [-0.15, -0.1) is 0 Å². The second kappa shape index (κ2) is 7.53. The molecule has 3 rings (SSSR count). The van der Waals surface area contributed by atoms with Crippen molar-refractivity contribution < 1.29 is 22.7 Å². The highest BCUT2D eigenvalue weighted by molar-refractivity contribution is 5.77. The lowest BCUT2D eigenvalue weighted by molar-refractivity contribution is -0.126. The zero-order chi connectivity index (χ0) is 17.1. The van der Waals surface area contributed by atoms with E-state index in [-0.39, 0.29) is 18.3 Å². The van der Waals surface area contributed by atoms with Crippen LogP contribution >= 0.6 is 0 Å². The number of carbonyl (C=O) groups is 1. The molecular weight excluding hydrogens is 321 g/mol. The molecule has 24 heavy (non-hydrogen) atoms. The van der Waals surface area contributed by atoms with Gasteiger partial charge in [-0.25, -0.2) is 13.2 Å². The van der Waals surface area contributed by atoms with Gasteiger partial charge in [0.25, 0.3) is 6.43 Å². The maximum Gasteiger partial charge on any atom is 0.254 e. The molecule has 132 valence electrons. The standard InChI is InChI=1S/C17H21F3N2O2/c18-13-3-1-2-12-11(13)4-5-14(12)21-16(23)10-15(17(19)20)22-6-8-24-9-7-22/h1-3,14-15,17H,4-10H2,(H,21,23). The molecular formula is C17H21F3N2O2. The number of carbonyl (C=O) groups excluding carboxylic acids is 1. The first-order chi connectivity index (χ1) is 11.6. The van der Waals surface area contributed by atoms with Crippen LogP contribution in [0.1, 0.15) is 30.0 Å². The van der Waals surface area contributed by atoms with Crippen molar-refractivity contribution in [3.05, 3.63) is 35.1 Å². The Morgan fingerprint density at radius 2 is 2.08 bits per heavy atom. The summed E-state index contributed by atoms with van der Waals surface area (Å²) in [6.45, 7) is 1.61. The Labute approximate surface area is 139 Å². The number of nitrogens with one attached hydrogen (secondary N) is 1. The molecule has 4 nitrogen and oxygen atoms in total. The van der Waals surface area contributed by atoms with Crippen molar-refractivity contribution in [1.29, 1.82) is 0 Å². The highest BCUT2D eigenvalue weighted by Crippen LogP contribution is 2.32. The Morgan fingerprint density at radius 3 is 2.79 bits per heavy atom. The van der Waals surface area contributed by atoms with Crippen molar-refractivity contribution >= 4 is 5.91 Å². The number of alkyl halides is 2. The SMILES string of the molecule is O=C(CC(C(F)F)N1CCOCC1)NC1CCc2c(F)cccc21. The van der Waals surface area contributed by atoms with E-state index >= 15 is 0 Å². The number of hydrogen-bond acceptors (Lipinski definition) is 3. The second-order valence-corrected chi connectivity index (χ2v) is 6.22. The fourth-order valence-electron chi connectivity index (χ4n) is 3.49. The maximum atomic E-state index is 13.7. The summed E-state index contributed by atoms with van der Waals surface area (Å²) in [4.78, 5) is 13.9. The zero-order valence-electron chi connectivity index (χ0n) is 13.3. The van der Waals surface area contributed by atoms with E-state index in [0.717, 1.165) is 5.56 Å². The second-order valence-electron chi connectivity index (χ2n) is 6.22. The first-order valence-electron chi connectivity index (χ1n) is 8.23. The third-order valence-corrected chi connectivity index (χ3v) is 4.75. The third kappa shape index (κ3) is 3.72. The van der Waals surface area contributed by atoms with E-state index in [1.807, 2.05) is 0 Å². The summed E-state index contributed by atoms with van der Waals surface area (Å²) in [6, 6.07) is 3.37. The molecule has 0 bridgehead atoms. The predicted octanol–water partition coefficient (Wildman–Crippen LogP) is 2.29. The van der Waals surface area contributed by atoms with Crippen LogP contribution in [0.4, 0.5) is 13.2 Å². The molecule has 0 aromatic heterocycles. The van der Waals surface area contributed by atoms with Gasteiger partial charge in [-0.3, -0.25) is 9.69 Å². The van der Waals surface area contributed by atoms with Crippen LogP contribution in [0.3, 0.4) is 0 Å². The molecule has 1 aromatic rings. The molecule has 0 spiro atoms. The van der Waals surface area contributed by atoms with Crippen molar-refractivity contribution in [3.63, 3.8) is 0 Å².